The maximum absolute atomic E-state index is 12.8. The first-order chi connectivity index (χ1) is 16.8. The van der Waals surface area contributed by atoms with Crippen molar-refractivity contribution in [3.8, 4) is 0 Å². The average Bonchev–Trinajstić information content (AvgIpc) is 2.78. The molecule has 36 heavy (non-hydrogen) atoms. The summed E-state index contributed by atoms with van der Waals surface area (Å²) in [7, 11) is -5.86. The van der Waals surface area contributed by atoms with E-state index in [2.05, 4.69) is 56.0 Å². The second-order valence-corrected chi connectivity index (χ2v) is 23.7. The fourth-order valence-electron chi connectivity index (χ4n) is 4.04. The topological polar surface area (TPSA) is 51.9 Å². The fourth-order valence-corrected chi connectivity index (χ4v) is 16.6. The van der Waals surface area contributed by atoms with Crippen LogP contribution in [0.15, 0.2) is 78.5 Å². The van der Waals surface area contributed by atoms with E-state index in [4.69, 9.17) is 14.8 Å². The summed E-state index contributed by atoms with van der Waals surface area (Å²) in [5, 5.41) is 2.92. The number of nitrogens with zero attached hydrogens (tertiary/aromatic N) is 1. The molecule has 0 heterocycles. The third-order valence-electron chi connectivity index (χ3n) is 5.07. The van der Waals surface area contributed by atoms with Gasteiger partial charge in [0.2, 0.25) is 11.6 Å². The lowest BCUT2D eigenvalue weighted by Crippen LogP contribution is -2.52. The number of nitrogens with one attached hydrogen (secondary N) is 1. The van der Waals surface area contributed by atoms with Crippen LogP contribution in [0.1, 0.15) is 17.5 Å². The lowest BCUT2D eigenvalue weighted by molar-refractivity contribution is -0.117. The van der Waals surface area contributed by atoms with Gasteiger partial charge in [-0.25, -0.2) is 4.85 Å². The zero-order valence-corrected chi connectivity index (χ0v) is 25.7. The molecule has 0 atom stereocenters. The zero-order valence-electron chi connectivity index (χ0n) is 22.7. The molecule has 0 radical (unpaired) electrons. The standard InChI is InChI=1S/C28H40N2O3Si3/c1-29-27(21-20-26(24-16-11-9-12-17-24)25-18-13-10-14-19-25)28(31)30-22-15-23-36(8,32-34(2,3)4)33-35(5,6)7/h9-14,16-21H,15,22-23H2,2-8H3,(H,30,31)/b27-21-. The molecule has 2 aromatic carbocycles. The Balaban J connectivity index is 2.10. The Labute approximate surface area is 220 Å². The number of hydrogen-bond acceptors (Lipinski definition) is 3. The molecule has 192 valence electrons. The van der Waals surface area contributed by atoms with Crippen LogP contribution in [0.5, 0.6) is 0 Å². The van der Waals surface area contributed by atoms with Gasteiger partial charge in [0.1, 0.15) is 0 Å². The first-order valence-corrected chi connectivity index (χ1v) is 21.7. The molecule has 2 aromatic rings. The molecule has 8 heteroatoms. The highest BCUT2D eigenvalue weighted by molar-refractivity contribution is 6.87. The lowest BCUT2D eigenvalue weighted by atomic mass is 9.97. The van der Waals surface area contributed by atoms with Gasteiger partial charge < -0.3 is 13.5 Å². The van der Waals surface area contributed by atoms with Crippen molar-refractivity contribution in [1.82, 2.24) is 5.32 Å². The molecule has 1 amide bonds. The van der Waals surface area contributed by atoms with Crippen molar-refractivity contribution in [2.45, 2.75) is 58.3 Å². The molecule has 0 aliphatic rings. The van der Waals surface area contributed by atoms with E-state index in [1.54, 1.807) is 6.08 Å². The quantitative estimate of drug-likeness (QED) is 0.103. The van der Waals surface area contributed by atoms with E-state index < -0.39 is 25.2 Å². The molecule has 0 bridgehead atoms. The van der Waals surface area contributed by atoms with Gasteiger partial charge >= 0.3 is 8.56 Å². The van der Waals surface area contributed by atoms with E-state index in [1.807, 2.05) is 66.7 Å². The molecule has 0 aliphatic carbocycles. The third-order valence-corrected chi connectivity index (χ3v) is 14.7. The number of allylic oxidation sites excluding steroid dienone is 2. The lowest BCUT2D eigenvalue weighted by Gasteiger charge is -2.38. The van der Waals surface area contributed by atoms with Crippen LogP contribution in [0.4, 0.5) is 0 Å². The maximum Gasteiger partial charge on any atom is 0.314 e. The van der Waals surface area contributed by atoms with Crippen LogP contribution in [0.2, 0.25) is 51.9 Å². The van der Waals surface area contributed by atoms with Gasteiger partial charge in [0.05, 0.1) is 6.57 Å². The molecule has 0 saturated heterocycles. The van der Waals surface area contributed by atoms with E-state index >= 15 is 0 Å². The second-order valence-electron chi connectivity index (χ2n) is 10.9. The number of benzene rings is 2. The number of amides is 1. The third kappa shape index (κ3) is 10.6. The first kappa shape index (κ1) is 29.7. The molecule has 1 N–H and O–H groups in total. The Morgan fingerprint density at radius 2 is 1.31 bits per heavy atom. The van der Waals surface area contributed by atoms with Gasteiger partial charge in [0, 0.05) is 6.54 Å². The van der Waals surface area contributed by atoms with Crippen LogP contribution in [0.25, 0.3) is 10.4 Å². The summed E-state index contributed by atoms with van der Waals surface area (Å²) < 4.78 is 13.1. The molecular weight excluding hydrogens is 497 g/mol. The number of carbonyl (C=O) groups excluding carboxylic acids is 1. The van der Waals surface area contributed by atoms with Crippen LogP contribution in [0.3, 0.4) is 0 Å². The minimum atomic E-state index is -2.35. The van der Waals surface area contributed by atoms with Crippen molar-refractivity contribution in [2.24, 2.45) is 0 Å². The summed E-state index contributed by atoms with van der Waals surface area (Å²) in [5.74, 6) is -0.359. The van der Waals surface area contributed by atoms with Gasteiger partial charge in [-0.1, -0.05) is 72.8 Å². The molecule has 0 aromatic heterocycles. The normalized spacial score (nSPS) is 12.6. The largest absolute Gasteiger partial charge is 0.437 e. The van der Waals surface area contributed by atoms with Gasteiger partial charge in [0.25, 0.3) is 0 Å². The van der Waals surface area contributed by atoms with E-state index in [9.17, 15) is 4.79 Å². The van der Waals surface area contributed by atoms with Gasteiger partial charge in [-0.15, -0.1) is 0 Å². The number of rotatable bonds is 12. The Bertz CT molecular complexity index is 1040. The van der Waals surface area contributed by atoms with Crippen molar-refractivity contribution in [2.75, 3.05) is 6.54 Å². The summed E-state index contributed by atoms with van der Waals surface area (Å²) in [6.07, 6.45) is 4.22. The van der Waals surface area contributed by atoms with E-state index in [0.717, 1.165) is 29.2 Å². The molecule has 0 spiro atoms. The monoisotopic (exact) mass is 536 g/mol. The molecule has 0 saturated carbocycles. The molecule has 0 unspecified atom stereocenters. The zero-order chi connectivity index (χ0) is 26.8. The van der Waals surface area contributed by atoms with Gasteiger partial charge in [0.15, 0.2) is 16.6 Å². The minimum Gasteiger partial charge on any atom is -0.437 e. The molecule has 0 aliphatic heterocycles. The van der Waals surface area contributed by atoms with Crippen molar-refractivity contribution in [3.63, 3.8) is 0 Å². The fraction of sp³-hybridized carbons (Fsp3) is 0.357. The Morgan fingerprint density at radius 1 is 0.833 bits per heavy atom. The molecule has 2 rings (SSSR count). The summed E-state index contributed by atoms with van der Waals surface area (Å²) in [6, 6.07) is 20.8. The summed E-state index contributed by atoms with van der Waals surface area (Å²) in [6.45, 7) is 23.3. The Morgan fingerprint density at radius 3 is 1.72 bits per heavy atom. The summed E-state index contributed by atoms with van der Waals surface area (Å²) in [5.41, 5.74) is 3.08. The number of carbonyl (C=O) groups is 1. The van der Waals surface area contributed by atoms with Crippen LogP contribution >= 0.6 is 0 Å². The van der Waals surface area contributed by atoms with Crippen LogP contribution in [-0.2, 0) is 13.0 Å². The predicted octanol–water partition coefficient (Wildman–Crippen LogP) is 7.20. The van der Waals surface area contributed by atoms with Crippen LogP contribution in [0, 0.1) is 6.57 Å². The van der Waals surface area contributed by atoms with Crippen molar-refractivity contribution < 1.29 is 13.0 Å². The van der Waals surface area contributed by atoms with Crippen molar-refractivity contribution >= 4 is 36.7 Å². The van der Waals surface area contributed by atoms with Crippen LogP contribution in [-0.4, -0.2) is 37.6 Å². The van der Waals surface area contributed by atoms with E-state index in [1.165, 1.54) is 0 Å². The summed E-state index contributed by atoms with van der Waals surface area (Å²) >= 11 is 0. The van der Waals surface area contributed by atoms with Gasteiger partial charge in [-0.3, -0.25) is 4.79 Å². The Hall–Kier alpha value is -2.55. The van der Waals surface area contributed by atoms with Crippen molar-refractivity contribution in [1.29, 1.82) is 0 Å². The predicted molar refractivity (Wildman–Crippen MR) is 158 cm³/mol. The maximum atomic E-state index is 12.8. The molecule has 5 nitrogen and oxygen atoms in total. The SMILES string of the molecule is [C-]#[N+]/C(=C\C=C(c1ccccc1)c1ccccc1)C(=O)NCCC[Si](C)(O[Si](C)(C)C)O[Si](C)(C)C. The second kappa shape index (κ2) is 13.1. The first-order valence-electron chi connectivity index (χ1n) is 12.4. The average molecular weight is 537 g/mol. The minimum absolute atomic E-state index is 0.0658. The van der Waals surface area contributed by atoms with E-state index in [-0.39, 0.29) is 11.6 Å². The molecular formula is C28H40N2O3Si3. The Kier molecular flexibility index (Phi) is 10.8. The highest BCUT2D eigenvalue weighted by Gasteiger charge is 2.39. The van der Waals surface area contributed by atoms with Gasteiger partial charge in [-0.05, 0) is 75.0 Å². The summed E-state index contributed by atoms with van der Waals surface area (Å²) in [4.78, 5) is 16.3. The van der Waals surface area contributed by atoms with Crippen LogP contribution < -0.4 is 5.32 Å². The highest BCUT2D eigenvalue weighted by Crippen LogP contribution is 2.26. The number of hydrogen-bond donors (Lipinski definition) is 1. The van der Waals surface area contributed by atoms with E-state index in [0.29, 0.717) is 6.54 Å². The van der Waals surface area contributed by atoms with Gasteiger partial charge in [-0.2, -0.15) is 0 Å². The van der Waals surface area contributed by atoms with Crippen molar-refractivity contribution in [3.05, 3.63) is 101 Å². The molecule has 0 fully saturated rings. The smallest absolute Gasteiger partial charge is 0.314 e. The highest BCUT2D eigenvalue weighted by atomic mass is 28.5.